The number of carboxylic acids is 1. The number of hydrogen-bond acceptors (Lipinski definition) is 5. The Morgan fingerprint density at radius 1 is 1.38 bits per heavy atom. The number of carbonyl (C=O) groups is 2. The Labute approximate surface area is 123 Å². The largest absolute Gasteiger partial charge is 0.481 e. The van der Waals surface area contributed by atoms with Crippen molar-refractivity contribution >= 4 is 17.8 Å². The second kappa shape index (κ2) is 7.05. The van der Waals surface area contributed by atoms with Crippen LogP contribution in [0.25, 0.3) is 0 Å². The summed E-state index contributed by atoms with van der Waals surface area (Å²) in [5.41, 5.74) is 5.31. The number of nitrogens with one attached hydrogen (secondary N) is 2. The summed E-state index contributed by atoms with van der Waals surface area (Å²) in [6.45, 7) is 6.65. The molecule has 0 spiro atoms. The summed E-state index contributed by atoms with van der Waals surface area (Å²) in [5, 5.41) is 17.5. The molecule has 0 aliphatic carbocycles. The molecule has 1 atom stereocenters. The van der Waals surface area contributed by atoms with Crippen LogP contribution in [-0.2, 0) is 4.79 Å². The van der Waals surface area contributed by atoms with Crippen molar-refractivity contribution in [3.63, 3.8) is 0 Å². The average molecular weight is 297 g/mol. The lowest BCUT2D eigenvalue weighted by molar-refractivity contribution is -0.137. The Balaban J connectivity index is 2.46. The SMILES string of the molecule is CC(C)(C)C(CCNC(=O)c1nc(N)n[nH]1)CCC(=O)O. The molecular weight excluding hydrogens is 274 g/mol. The number of rotatable bonds is 7. The molecule has 5 N–H and O–H groups in total. The average Bonchev–Trinajstić information content (AvgIpc) is 2.78. The lowest BCUT2D eigenvalue weighted by Crippen LogP contribution is -2.30. The minimum absolute atomic E-state index is 0.0170. The van der Waals surface area contributed by atoms with Crippen molar-refractivity contribution in [3.8, 4) is 0 Å². The summed E-state index contributed by atoms with van der Waals surface area (Å²) >= 11 is 0. The van der Waals surface area contributed by atoms with Gasteiger partial charge in [0.25, 0.3) is 5.91 Å². The van der Waals surface area contributed by atoms with Gasteiger partial charge in [0, 0.05) is 13.0 Å². The minimum Gasteiger partial charge on any atom is -0.481 e. The fourth-order valence-electron chi connectivity index (χ4n) is 2.13. The Hall–Kier alpha value is -2.12. The second-order valence-electron chi connectivity index (χ2n) is 6.08. The van der Waals surface area contributed by atoms with Crippen LogP contribution in [0, 0.1) is 11.3 Å². The molecule has 1 rings (SSSR count). The van der Waals surface area contributed by atoms with Crippen molar-refractivity contribution < 1.29 is 14.7 Å². The van der Waals surface area contributed by atoms with E-state index in [9.17, 15) is 9.59 Å². The highest BCUT2D eigenvalue weighted by molar-refractivity contribution is 5.90. The van der Waals surface area contributed by atoms with Crippen LogP contribution in [0.15, 0.2) is 0 Å². The van der Waals surface area contributed by atoms with Gasteiger partial charge in [-0.25, -0.2) is 0 Å². The number of amides is 1. The van der Waals surface area contributed by atoms with Gasteiger partial charge in [0.05, 0.1) is 0 Å². The van der Waals surface area contributed by atoms with E-state index in [4.69, 9.17) is 10.8 Å². The topological polar surface area (TPSA) is 134 Å². The fourth-order valence-corrected chi connectivity index (χ4v) is 2.13. The number of H-pyrrole nitrogens is 1. The predicted octanol–water partition coefficient (Wildman–Crippen LogP) is 1.03. The van der Waals surface area contributed by atoms with Crippen LogP contribution < -0.4 is 11.1 Å². The number of nitrogens with zero attached hydrogens (tertiary/aromatic N) is 2. The molecule has 1 aromatic rings. The molecule has 0 bridgehead atoms. The molecule has 8 heteroatoms. The maximum Gasteiger partial charge on any atom is 0.303 e. The van der Waals surface area contributed by atoms with Crippen LogP contribution in [0.5, 0.6) is 0 Å². The molecule has 0 aliphatic heterocycles. The van der Waals surface area contributed by atoms with Gasteiger partial charge < -0.3 is 16.2 Å². The normalized spacial score (nSPS) is 12.9. The number of aliphatic carboxylic acids is 1. The quantitative estimate of drug-likeness (QED) is 0.594. The summed E-state index contributed by atoms with van der Waals surface area (Å²) in [6, 6.07) is 0. The molecule has 118 valence electrons. The van der Waals surface area contributed by atoms with Gasteiger partial charge in [-0.1, -0.05) is 20.8 Å². The Kier molecular flexibility index (Phi) is 5.69. The lowest BCUT2D eigenvalue weighted by Gasteiger charge is -2.30. The number of aromatic nitrogens is 3. The highest BCUT2D eigenvalue weighted by atomic mass is 16.4. The molecular formula is C13H23N5O3. The van der Waals surface area contributed by atoms with E-state index in [0.29, 0.717) is 19.4 Å². The molecule has 1 heterocycles. The first-order valence-corrected chi connectivity index (χ1v) is 6.88. The van der Waals surface area contributed by atoms with Crippen LogP contribution in [0.4, 0.5) is 5.95 Å². The Bertz CT molecular complexity index is 492. The Morgan fingerprint density at radius 3 is 2.52 bits per heavy atom. The zero-order valence-corrected chi connectivity index (χ0v) is 12.6. The van der Waals surface area contributed by atoms with Crippen molar-refractivity contribution in [2.75, 3.05) is 12.3 Å². The molecule has 0 aromatic carbocycles. The summed E-state index contributed by atoms with van der Waals surface area (Å²) in [6.07, 6.45) is 1.42. The van der Waals surface area contributed by atoms with Gasteiger partial charge in [0.15, 0.2) is 0 Å². The van der Waals surface area contributed by atoms with Gasteiger partial charge in [-0.05, 0) is 24.2 Å². The third-order valence-electron chi connectivity index (χ3n) is 3.43. The van der Waals surface area contributed by atoms with E-state index in [-0.39, 0.29) is 35.4 Å². The summed E-state index contributed by atoms with van der Waals surface area (Å²) in [5.74, 6) is -0.872. The number of anilines is 1. The van der Waals surface area contributed by atoms with Crippen molar-refractivity contribution in [1.82, 2.24) is 20.5 Å². The van der Waals surface area contributed by atoms with E-state index in [1.807, 2.05) is 0 Å². The van der Waals surface area contributed by atoms with Gasteiger partial charge in [-0.3, -0.25) is 14.7 Å². The third-order valence-corrected chi connectivity index (χ3v) is 3.43. The molecule has 21 heavy (non-hydrogen) atoms. The van der Waals surface area contributed by atoms with Crippen LogP contribution in [0.1, 0.15) is 50.7 Å². The number of aromatic amines is 1. The molecule has 1 amide bonds. The summed E-state index contributed by atoms with van der Waals surface area (Å²) < 4.78 is 0. The zero-order valence-electron chi connectivity index (χ0n) is 12.6. The molecule has 0 saturated heterocycles. The van der Waals surface area contributed by atoms with Crippen molar-refractivity contribution in [2.45, 2.75) is 40.0 Å². The van der Waals surface area contributed by atoms with Crippen LogP contribution in [-0.4, -0.2) is 38.7 Å². The van der Waals surface area contributed by atoms with E-state index in [2.05, 4.69) is 41.3 Å². The number of carboxylic acid groups (broad SMARTS) is 1. The lowest BCUT2D eigenvalue weighted by atomic mass is 9.76. The first-order valence-electron chi connectivity index (χ1n) is 6.88. The molecule has 1 aromatic heterocycles. The second-order valence-corrected chi connectivity index (χ2v) is 6.08. The summed E-state index contributed by atoms with van der Waals surface area (Å²) in [7, 11) is 0. The zero-order chi connectivity index (χ0) is 16.0. The van der Waals surface area contributed by atoms with E-state index >= 15 is 0 Å². The molecule has 0 aliphatic rings. The summed E-state index contributed by atoms with van der Waals surface area (Å²) in [4.78, 5) is 26.2. The highest BCUT2D eigenvalue weighted by Crippen LogP contribution is 2.32. The van der Waals surface area contributed by atoms with Gasteiger partial charge in [-0.2, -0.15) is 4.98 Å². The number of carbonyl (C=O) groups excluding carboxylic acids is 1. The first kappa shape index (κ1) is 16.9. The van der Waals surface area contributed by atoms with Crippen molar-refractivity contribution in [1.29, 1.82) is 0 Å². The molecule has 1 unspecified atom stereocenters. The van der Waals surface area contributed by atoms with E-state index in [1.54, 1.807) is 0 Å². The van der Waals surface area contributed by atoms with Crippen LogP contribution >= 0.6 is 0 Å². The van der Waals surface area contributed by atoms with E-state index in [0.717, 1.165) is 0 Å². The molecule has 0 saturated carbocycles. The Morgan fingerprint density at radius 2 is 2.05 bits per heavy atom. The predicted molar refractivity (Wildman–Crippen MR) is 77.6 cm³/mol. The minimum atomic E-state index is -0.801. The number of nitrogen functional groups attached to an aromatic ring is 1. The maximum absolute atomic E-state index is 11.8. The van der Waals surface area contributed by atoms with Crippen molar-refractivity contribution in [3.05, 3.63) is 5.82 Å². The molecule has 8 nitrogen and oxygen atoms in total. The van der Waals surface area contributed by atoms with Crippen molar-refractivity contribution in [2.24, 2.45) is 11.3 Å². The first-order chi connectivity index (χ1) is 9.70. The standard InChI is InChI=1S/C13H23N5O3/c1-13(2,3)8(4-5-9(19)20)6-7-15-11(21)10-16-12(14)18-17-10/h8H,4-7H2,1-3H3,(H,15,21)(H,19,20)(H3,14,16,17,18). The van der Waals surface area contributed by atoms with Crippen LogP contribution in [0.2, 0.25) is 0 Å². The fraction of sp³-hybridized carbons (Fsp3) is 0.692. The van der Waals surface area contributed by atoms with E-state index in [1.165, 1.54) is 0 Å². The van der Waals surface area contributed by atoms with Gasteiger partial charge in [0.2, 0.25) is 11.8 Å². The number of hydrogen-bond donors (Lipinski definition) is 4. The smallest absolute Gasteiger partial charge is 0.303 e. The molecule has 0 radical (unpaired) electrons. The van der Waals surface area contributed by atoms with Crippen LogP contribution in [0.3, 0.4) is 0 Å². The number of nitrogens with two attached hydrogens (primary N) is 1. The monoisotopic (exact) mass is 297 g/mol. The van der Waals surface area contributed by atoms with Gasteiger partial charge in [-0.15, -0.1) is 5.10 Å². The van der Waals surface area contributed by atoms with Gasteiger partial charge >= 0.3 is 5.97 Å². The maximum atomic E-state index is 11.8. The third kappa shape index (κ3) is 5.80. The van der Waals surface area contributed by atoms with Gasteiger partial charge in [0.1, 0.15) is 0 Å². The highest BCUT2D eigenvalue weighted by Gasteiger charge is 2.25. The van der Waals surface area contributed by atoms with E-state index < -0.39 is 5.97 Å². The molecule has 0 fully saturated rings.